The monoisotopic (exact) mass is 513 g/mol. The molecule has 9 heteroatoms. The van der Waals surface area contributed by atoms with Gasteiger partial charge < -0.3 is 14.5 Å². The van der Waals surface area contributed by atoms with Crippen LogP contribution in [0.3, 0.4) is 0 Å². The molecule has 0 saturated carbocycles. The van der Waals surface area contributed by atoms with E-state index in [1.165, 1.54) is 46.6 Å². The molecule has 6 nitrogen and oxygen atoms in total. The molecule has 0 unspecified atom stereocenters. The molecule has 0 spiro atoms. The Kier molecular flexibility index (Phi) is 9.16. The maximum absolute atomic E-state index is 14.5. The second kappa shape index (κ2) is 12.7. The maximum atomic E-state index is 14.5. The number of carbonyl (C=O) groups is 2. The normalized spacial score (nSPS) is 13.9. The van der Waals surface area contributed by atoms with Crippen molar-refractivity contribution in [3.8, 4) is 0 Å². The Bertz CT molecular complexity index is 1140. The number of nitrogens with zero attached hydrogens (tertiary/aromatic N) is 3. The number of thiophene rings is 1. The summed E-state index contributed by atoms with van der Waals surface area (Å²) in [4.78, 5) is 33.1. The molecular formula is C27H29F2N3O3S. The minimum atomic E-state index is -0.618. The minimum absolute atomic E-state index is 0.0596. The molecule has 36 heavy (non-hydrogen) atoms. The van der Waals surface area contributed by atoms with Gasteiger partial charge >= 0.3 is 0 Å². The molecule has 0 aliphatic carbocycles. The molecule has 1 saturated heterocycles. The first-order valence-electron chi connectivity index (χ1n) is 11.9. The summed E-state index contributed by atoms with van der Waals surface area (Å²) in [5.74, 6) is -1.75. The first-order chi connectivity index (χ1) is 17.5. The lowest BCUT2D eigenvalue weighted by atomic mass is 10.1. The minimum Gasteiger partial charge on any atom is -0.379 e. The van der Waals surface area contributed by atoms with E-state index < -0.39 is 11.7 Å². The lowest BCUT2D eigenvalue weighted by molar-refractivity contribution is -0.133. The number of morpholine rings is 1. The van der Waals surface area contributed by atoms with Crippen LogP contribution in [-0.4, -0.2) is 72.5 Å². The predicted molar refractivity (Wildman–Crippen MR) is 135 cm³/mol. The third kappa shape index (κ3) is 7.19. The van der Waals surface area contributed by atoms with Crippen LogP contribution in [0.15, 0.2) is 66.0 Å². The van der Waals surface area contributed by atoms with Gasteiger partial charge in [-0.2, -0.15) is 0 Å². The van der Waals surface area contributed by atoms with Crippen molar-refractivity contribution in [1.29, 1.82) is 0 Å². The van der Waals surface area contributed by atoms with E-state index in [2.05, 4.69) is 4.90 Å². The van der Waals surface area contributed by atoms with Crippen molar-refractivity contribution < 1.29 is 23.1 Å². The first-order valence-corrected chi connectivity index (χ1v) is 12.8. The summed E-state index contributed by atoms with van der Waals surface area (Å²) in [6, 6.07) is 15.7. The van der Waals surface area contributed by atoms with Gasteiger partial charge in [0.15, 0.2) is 0 Å². The number of amides is 2. The molecule has 2 aromatic carbocycles. The highest BCUT2D eigenvalue weighted by molar-refractivity contribution is 7.09. The van der Waals surface area contributed by atoms with Gasteiger partial charge in [0.2, 0.25) is 5.91 Å². The number of carbonyl (C=O) groups excluding carboxylic acids is 2. The molecule has 4 rings (SSSR count). The van der Waals surface area contributed by atoms with Crippen LogP contribution in [0, 0.1) is 11.6 Å². The van der Waals surface area contributed by atoms with E-state index >= 15 is 0 Å². The number of halogens is 2. The number of benzene rings is 2. The van der Waals surface area contributed by atoms with Crippen molar-refractivity contribution in [1.82, 2.24) is 14.7 Å². The quantitative estimate of drug-likeness (QED) is 0.411. The number of hydrogen-bond acceptors (Lipinski definition) is 5. The van der Waals surface area contributed by atoms with Gasteiger partial charge in [0.05, 0.1) is 25.3 Å². The highest BCUT2D eigenvalue weighted by Gasteiger charge is 2.25. The van der Waals surface area contributed by atoms with Gasteiger partial charge in [0.1, 0.15) is 18.2 Å². The van der Waals surface area contributed by atoms with E-state index in [0.717, 1.165) is 23.5 Å². The van der Waals surface area contributed by atoms with Crippen LogP contribution in [0.1, 0.15) is 20.8 Å². The fourth-order valence-corrected chi connectivity index (χ4v) is 4.76. The molecule has 1 aromatic heterocycles. The van der Waals surface area contributed by atoms with E-state index in [1.807, 2.05) is 17.5 Å². The van der Waals surface area contributed by atoms with Crippen LogP contribution < -0.4 is 0 Å². The molecule has 1 aliphatic rings. The molecular weight excluding hydrogens is 484 g/mol. The van der Waals surface area contributed by atoms with Gasteiger partial charge in [-0.05, 0) is 41.3 Å². The summed E-state index contributed by atoms with van der Waals surface area (Å²) < 4.78 is 33.3. The van der Waals surface area contributed by atoms with Crippen LogP contribution in [0.4, 0.5) is 8.78 Å². The van der Waals surface area contributed by atoms with Gasteiger partial charge in [-0.25, -0.2) is 8.78 Å². The molecule has 3 aromatic rings. The van der Waals surface area contributed by atoms with E-state index in [-0.39, 0.29) is 36.9 Å². The summed E-state index contributed by atoms with van der Waals surface area (Å²) in [6.07, 6.45) is 0. The average molecular weight is 514 g/mol. The smallest absolute Gasteiger partial charge is 0.257 e. The largest absolute Gasteiger partial charge is 0.379 e. The Balaban J connectivity index is 1.53. The summed E-state index contributed by atoms with van der Waals surface area (Å²) in [5.41, 5.74) is 0.720. The van der Waals surface area contributed by atoms with Crippen LogP contribution in [0.5, 0.6) is 0 Å². The van der Waals surface area contributed by atoms with Crippen LogP contribution in [0.25, 0.3) is 0 Å². The number of rotatable bonds is 10. The first kappa shape index (κ1) is 25.9. The second-order valence-electron chi connectivity index (χ2n) is 8.62. The lowest BCUT2D eigenvalue weighted by Gasteiger charge is -2.31. The van der Waals surface area contributed by atoms with Crippen molar-refractivity contribution >= 4 is 23.2 Å². The molecule has 0 atom stereocenters. The highest BCUT2D eigenvalue weighted by atomic mass is 32.1. The molecule has 2 amide bonds. The highest BCUT2D eigenvalue weighted by Crippen LogP contribution is 2.17. The zero-order valence-corrected chi connectivity index (χ0v) is 20.8. The zero-order chi connectivity index (χ0) is 25.3. The molecule has 190 valence electrons. The molecule has 2 heterocycles. The molecule has 0 radical (unpaired) electrons. The third-order valence-electron chi connectivity index (χ3n) is 6.07. The van der Waals surface area contributed by atoms with E-state index in [9.17, 15) is 18.4 Å². The topological polar surface area (TPSA) is 53.1 Å². The van der Waals surface area contributed by atoms with Crippen LogP contribution in [0.2, 0.25) is 0 Å². The van der Waals surface area contributed by atoms with Crippen molar-refractivity contribution in [2.24, 2.45) is 0 Å². The van der Waals surface area contributed by atoms with Gasteiger partial charge in [-0.15, -0.1) is 11.3 Å². The second-order valence-corrected chi connectivity index (χ2v) is 9.65. The summed E-state index contributed by atoms with van der Waals surface area (Å²) in [6.45, 7) is 3.99. The molecule has 0 N–H and O–H groups in total. The zero-order valence-electron chi connectivity index (χ0n) is 19.9. The van der Waals surface area contributed by atoms with E-state index in [4.69, 9.17) is 4.74 Å². The Morgan fingerprint density at radius 2 is 1.67 bits per heavy atom. The van der Waals surface area contributed by atoms with Crippen molar-refractivity contribution in [2.75, 3.05) is 45.9 Å². The van der Waals surface area contributed by atoms with Gasteiger partial charge in [-0.1, -0.05) is 30.3 Å². The Morgan fingerprint density at radius 3 is 2.36 bits per heavy atom. The lowest BCUT2D eigenvalue weighted by Crippen LogP contribution is -2.47. The fraction of sp³-hybridized carbons (Fsp3) is 0.333. The van der Waals surface area contributed by atoms with Crippen molar-refractivity contribution in [3.63, 3.8) is 0 Å². The Morgan fingerprint density at radius 1 is 0.917 bits per heavy atom. The van der Waals surface area contributed by atoms with Gasteiger partial charge in [0.25, 0.3) is 5.91 Å². The van der Waals surface area contributed by atoms with Gasteiger partial charge in [-0.3, -0.25) is 14.5 Å². The molecule has 1 fully saturated rings. The predicted octanol–water partition coefficient (Wildman–Crippen LogP) is 4.03. The van der Waals surface area contributed by atoms with E-state index in [1.54, 1.807) is 23.1 Å². The Labute approximate surface area is 213 Å². The van der Waals surface area contributed by atoms with Crippen LogP contribution >= 0.6 is 11.3 Å². The van der Waals surface area contributed by atoms with E-state index in [0.29, 0.717) is 26.3 Å². The summed E-state index contributed by atoms with van der Waals surface area (Å²) in [5, 5.41) is 1.94. The fourth-order valence-electron chi connectivity index (χ4n) is 4.04. The summed E-state index contributed by atoms with van der Waals surface area (Å²) in [7, 11) is 0. The summed E-state index contributed by atoms with van der Waals surface area (Å²) >= 11 is 1.53. The number of ether oxygens (including phenoxy) is 1. The van der Waals surface area contributed by atoms with Crippen molar-refractivity contribution in [3.05, 3.63) is 93.7 Å². The third-order valence-corrected chi connectivity index (χ3v) is 6.93. The average Bonchev–Trinajstić information content (AvgIpc) is 3.41. The maximum Gasteiger partial charge on any atom is 0.257 e. The number of hydrogen-bond donors (Lipinski definition) is 0. The molecule has 1 aliphatic heterocycles. The van der Waals surface area contributed by atoms with Crippen LogP contribution in [-0.2, 0) is 22.6 Å². The molecule has 0 bridgehead atoms. The standard InChI is InChI=1S/C27H29F2N3O3S/c28-22-9-7-21(8-10-22)18-32(19-23-4-3-17-36-23)26(33)20-31(12-11-30-13-15-35-16-14-30)27(34)24-5-1-2-6-25(24)29/h1-10,17H,11-16,18-20H2. The Hall–Kier alpha value is -3.14. The van der Waals surface area contributed by atoms with Crippen molar-refractivity contribution in [2.45, 2.75) is 13.1 Å². The van der Waals surface area contributed by atoms with Gasteiger partial charge in [0, 0.05) is 37.6 Å². The SMILES string of the molecule is O=C(CN(CCN1CCOCC1)C(=O)c1ccccc1F)N(Cc1ccc(F)cc1)Cc1cccs1.